The van der Waals surface area contributed by atoms with Crippen LogP contribution < -0.4 is 10.1 Å². The van der Waals surface area contributed by atoms with Gasteiger partial charge in [-0.1, -0.05) is 18.2 Å². The van der Waals surface area contributed by atoms with Crippen molar-refractivity contribution in [2.45, 2.75) is 10.3 Å². The van der Waals surface area contributed by atoms with Crippen molar-refractivity contribution in [2.24, 2.45) is 0 Å². The number of furan rings is 1. The fourth-order valence-electron chi connectivity index (χ4n) is 3.81. The Morgan fingerprint density at radius 3 is 2.11 bits per heavy atom. The summed E-state index contributed by atoms with van der Waals surface area (Å²) < 4.78 is 37.1. The summed E-state index contributed by atoms with van der Waals surface area (Å²) in [6, 6.07) is 16.7. The predicted molar refractivity (Wildman–Crippen MR) is 129 cm³/mol. The number of carbonyl (C=O) groups is 3. The first kappa shape index (κ1) is 25.0. The largest absolute Gasteiger partial charge is 0.497 e. The van der Waals surface area contributed by atoms with Gasteiger partial charge in [0.05, 0.1) is 18.3 Å². The summed E-state index contributed by atoms with van der Waals surface area (Å²) >= 11 is 0. The van der Waals surface area contributed by atoms with Gasteiger partial charge in [0, 0.05) is 31.7 Å². The molecule has 0 aliphatic carbocycles. The van der Waals surface area contributed by atoms with Crippen molar-refractivity contribution in [1.82, 2.24) is 15.1 Å². The van der Waals surface area contributed by atoms with Crippen molar-refractivity contribution < 1.29 is 32.0 Å². The number of carbonyl (C=O) groups excluding carboxylic acids is 3. The van der Waals surface area contributed by atoms with Gasteiger partial charge in [0.25, 0.3) is 17.7 Å². The molecule has 11 heteroatoms. The van der Waals surface area contributed by atoms with Gasteiger partial charge in [0.15, 0.2) is 5.76 Å². The van der Waals surface area contributed by atoms with Gasteiger partial charge in [0.2, 0.25) is 15.2 Å². The van der Waals surface area contributed by atoms with Gasteiger partial charge < -0.3 is 24.3 Å². The number of hydrogen-bond donors (Lipinski definition) is 1. The van der Waals surface area contributed by atoms with E-state index in [4.69, 9.17) is 9.15 Å². The lowest BCUT2D eigenvalue weighted by atomic mass is 10.2. The Hall–Kier alpha value is -4.12. The number of hydrogen-bond acceptors (Lipinski definition) is 7. The van der Waals surface area contributed by atoms with Crippen LogP contribution in [0.2, 0.25) is 0 Å². The second-order valence-corrected chi connectivity index (χ2v) is 10.1. The Morgan fingerprint density at radius 2 is 1.53 bits per heavy atom. The molecule has 1 saturated heterocycles. The average Bonchev–Trinajstić information content (AvgIpc) is 3.46. The van der Waals surface area contributed by atoms with Crippen LogP contribution in [0, 0.1) is 0 Å². The standard InChI is InChI=1S/C25H25N3O7S/c1-34-19-11-9-18(10-12-19)22(29)26-23(36(32,33)20-6-3-2-4-7-20)25(31)28-15-13-27(14-16-28)24(30)21-8-5-17-35-21/h2-12,17,23H,13-16H2,1H3,(H,26,29)/t23-/m1/s1. The number of amides is 3. The number of benzene rings is 2. The molecule has 1 aromatic heterocycles. The SMILES string of the molecule is COc1ccc(C(=O)N[C@@H](C(=O)N2CCN(C(=O)c3ccco3)CC2)S(=O)(=O)c2ccccc2)cc1. The number of rotatable bonds is 7. The van der Waals surface area contributed by atoms with Crippen molar-refractivity contribution in [1.29, 1.82) is 0 Å². The van der Waals surface area contributed by atoms with Crippen LogP contribution >= 0.6 is 0 Å². The van der Waals surface area contributed by atoms with E-state index in [1.54, 1.807) is 42.5 Å². The second kappa shape index (κ2) is 10.6. The molecule has 1 aliphatic heterocycles. The Bertz CT molecular complexity index is 1320. The minimum absolute atomic E-state index is 0.0926. The van der Waals surface area contributed by atoms with Crippen molar-refractivity contribution >= 4 is 27.6 Å². The fourth-order valence-corrected chi connectivity index (χ4v) is 5.30. The van der Waals surface area contributed by atoms with E-state index < -0.39 is 27.0 Å². The van der Waals surface area contributed by atoms with E-state index in [1.165, 1.54) is 47.4 Å². The van der Waals surface area contributed by atoms with Crippen LogP contribution in [0.4, 0.5) is 0 Å². The molecule has 3 aromatic rings. The Kier molecular flexibility index (Phi) is 7.39. The third-order valence-corrected chi connectivity index (χ3v) is 7.70. The highest BCUT2D eigenvalue weighted by molar-refractivity contribution is 7.92. The minimum Gasteiger partial charge on any atom is -0.497 e. The summed E-state index contributed by atoms with van der Waals surface area (Å²) in [6.45, 7) is 0.584. The molecule has 2 heterocycles. The first-order valence-electron chi connectivity index (χ1n) is 11.2. The van der Waals surface area contributed by atoms with Gasteiger partial charge in [-0.25, -0.2) is 8.42 Å². The molecule has 188 valence electrons. The zero-order valence-electron chi connectivity index (χ0n) is 19.5. The average molecular weight is 512 g/mol. The van der Waals surface area contributed by atoms with E-state index in [0.29, 0.717) is 5.75 Å². The van der Waals surface area contributed by atoms with Crippen molar-refractivity contribution in [3.63, 3.8) is 0 Å². The second-order valence-electron chi connectivity index (χ2n) is 8.03. The number of sulfone groups is 1. The van der Waals surface area contributed by atoms with Gasteiger partial charge in [-0.3, -0.25) is 14.4 Å². The maximum atomic E-state index is 13.5. The monoisotopic (exact) mass is 511 g/mol. The molecule has 0 bridgehead atoms. The van der Waals surface area contributed by atoms with Crippen LogP contribution in [0.3, 0.4) is 0 Å². The van der Waals surface area contributed by atoms with Gasteiger partial charge in [-0.2, -0.15) is 0 Å². The maximum absolute atomic E-state index is 13.5. The highest BCUT2D eigenvalue weighted by atomic mass is 32.2. The molecule has 1 atom stereocenters. The van der Waals surface area contributed by atoms with Crippen molar-refractivity contribution in [2.75, 3.05) is 33.3 Å². The normalized spacial score (nSPS) is 14.7. The first-order chi connectivity index (χ1) is 17.3. The van der Waals surface area contributed by atoms with Gasteiger partial charge in [0.1, 0.15) is 5.75 Å². The predicted octanol–water partition coefficient (Wildman–Crippen LogP) is 1.80. The number of piperazine rings is 1. The molecule has 10 nitrogen and oxygen atoms in total. The lowest BCUT2D eigenvalue weighted by Crippen LogP contribution is -2.57. The molecule has 1 fully saturated rings. The zero-order chi connectivity index (χ0) is 25.7. The molecule has 0 saturated carbocycles. The molecule has 1 N–H and O–H groups in total. The summed E-state index contributed by atoms with van der Waals surface area (Å²) in [5, 5.41) is 0.563. The smallest absolute Gasteiger partial charge is 0.289 e. The molecular formula is C25H25N3O7S. The molecule has 0 unspecified atom stereocenters. The Morgan fingerprint density at radius 1 is 0.889 bits per heavy atom. The van der Waals surface area contributed by atoms with Crippen LogP contribution in [0.5, 0.6) is 5.75 Å². The summed E-state index contributed by atoms with van der Waals surface area (Å²) in [5.41, 5.74) is 0.172. The van der Waals surface area contributed by atoms with Crippen LogP contribution in [-0.4, -0.2) is 74.6 Å². The molecule has 3 amide bonds. The molecule has 2 aromatic carbocycles. The molecule has 4 rings (SSSR count). The molecule has 0 spiro atoms. The summed E-state index contributed by atoms with van der Waals surface area (Å²) in [5.74, 6) is -1.09. The first-order valence-corrected chi connectivity index (χ1v) is 12.7. The summed E-state index contributed by atoms with van der Waals surface area (Å²) in [6.07, 6.45) is 1.40. The van der Waals surface area contributed by atoms with Gasteiger partial charge >= 0.3 is 0 Å². The van der Waals surface area contributed by atoms with Crippen LogP contribution in [0.25, 0.3) is 0 Å². The van der Waals surface area contributed by atoms with Gasteiger partial charge in [-0.05, 0) is 48.5 Å². The Balaban J connectivity index is 1.54. The van der Waals surface area contributed by atoms with Crippen LogP contribution in [-0.2, 0) is 14.6 Å². The fraction of sp³-hybridized carbons (Fsp3) is 0.240. The van der Waals surface area contributed by atoms with Crippen molar-refractivity contribution in [3.05, 3.63) is 84.3 Å². The topological polar surface area (TPSA) is 126 Å². The van der Waals surface area contributed by atoms with Crippen molar-refractivity contribution in [3.8, 4) is 5.75 Å². The quantitative estimate of drug-likeness (QED) is 0.513. The molecule has 36 heavy (non-hydrogen) atoms. The van der Waals surface area contributed by atoms with E-state index in [9.17, 15) is 22.8 Å². The van der Waals surface area contributed by atoms with Crippen LogP contribution in [0.15, 0.2) is 82.3 Å². The summed E-state index contributed by atoms with van der Waals surface area (Å²) in [4.78, 5) is 41.7. The highest BCUT2D eigenvalue weighted by Gasteiger charge is 2.39. The molecular weight excluding hydrogens is 486 g/mol. The third kappa shape index (κ3) is 5.25. The zero-order valence-corrected chi connectivity index (χ0v) is 20.3. The minimum atomic E-state index is -4.27. The van der Waals surface area contributed by atoms with Crippen LogP contribution in [0.1, 0.15) is 20.9 Å². The van der Waals surface area contributed by atoms with E-state index in [2.05, 4.69) is 5.32 Å². The number of nitrogens with zero attached hydrogens (tertiary/aromatic N) is 2. The van der Waals surface area contributed by atoms with Gasteiger partial charge in [-0.15, -0.1) is 0 Å². The van der Waals surface area contributed by atoms with E-state index in [-0.39, 0.29) is 48.3 Å². The van der Waals surface area contributed by atoms with E-state index >= 15 is 0 Å². The van der Waals surface area contributed by atoms with E-state index in [0.717, 1.165) is 0 Å². The lowest BCUT2D eigenvalue weighted by Gasteiger charge is -2.36. The molecule has 1 aliphatic rings. The highest BCUT2D eigenvalue weighted by Crippen LogP contribution is 2.19. The Labute approximate surface area is 208 Å². The number of methoxy groups -OCH3 is 1. The summed E-state index contributed by atoms with van der Waals surface area (Å²) in [7, 11) is -2.79. The number of ether oxygens (including phenoxy) is 1. The maximum Gasteiger partial charge on any atom is 0.289 e. The lowest BCUT2D eigenvalue weighted by molar-refractivity contribution is -0.132. The number of nitrogens with one attached hydrogen (secondary N) is 1. The van der Waals surface area contributed by atoms with E-state index in [1.807, 2.05) is 0 Å². The molecule has 0 radical (unpaired) electrons. The third-order valence-electron chi connectivity index (χ3n) is 5.83.